The predicted molar refractivity (Wildman–Crippen MR) is 91.3 cm³/mol. The normalized spacial score (nSPS) is 10.2. The zero-order valence-electron chi connectivity index (χ0n) is 11.0. The Morgan fingerprint density at radius 2 is 1.90 bits per heavy atom. The summed E-state index contributed by atoms with van der Waals surface area (Å²) >= 11 is 15.3. The molecule has 0 fully saturated rings. The Morgan fingerprint density at radius 1 is 1.14 bits per heavy atom. The van der Waals surface area contributed by atoms with Crippen LogP contribution in [0.15, 0.2) is 46.9 Å². The Kier molecular flexibility index (Phi) is 5.91. The zero-order chi connectivity index (χ0) is 15.2. The van der Waals surface area contributed by atoms with Gasteiger partial charge in [0.05, 0.1) is 10.7 Å². The third kappa shape index (κ3) is 4.92. The summed E-state index contributed by atoms with van der Waals surface area (Å²) in [5.41, 5.74) is 1.67. The molecule has 0 aliphatic heterocycles. The number of hydrogen-bond donors (Lipinski definition) is 2. The number of nitrogens with one attached hydrogen (secondary N) is 2. The van der Waals surface area contributed by atoms with Crippen LogP contribution in [0.2, 0.25) is 10.0 Å². The Labute approximate surface area is 141 Å². The van der Waals surface area contributed by atoms with Crippen LogP contribution in [0.3, 0.4) is 0 Å². The van der Waals surface area contributed by atoms with Gasteiger partial charge in [-0.25, -0.2) is 4.79 Å². The van der Waals surface area contributed by atoms with E-state index in [1.165, 1.54) is 0 Å². The lowest BCUT2D eigenvalue weighted by Crippen LogP contribution is -2.30. The van der Waals surface area contributed by atoms with Crippen molar-refractivity contribution < 1.29 is 4.79 Å². The molecule has 0 spiro atoms. The summed E-state index contributed by atoms with van der Waals surface area (Å²) in [6, 6.07) is 12.5. The highest BCUT2D eigenvalue weighted by atomic mass is 79.9. The molecule has 0 radical (unpaired) electrons. The summed E-state index contributed by atoms with van der Waals surface area (Å²) in [7, 11) is 0. The second-order valence-corrected chi connectivity index (χ2v) is 6.04. The van der Waals surface area contributed by atoms with Crippen LogP contribution in [0, 0.1) is 0 Å². The van der Waals surface area contributed by atoms with Gasteiger partial charge < -0.3 is 10.6 Å². The van der Waals surface area contributed by atoms with Gasteiger partial charge in [-0.05, 0) is 36.2 Å². The van der Waals surface area contributed by atoms with Gasteiger partial charge in [-0.1, -0.05) is 57.3 Å². The number of rotatable bonds is 4. The number of halogens is 3. The Bertz CT molecular complexity index is 649. The molecule has 0 unspecified atom stereocenters. The predicted octanol–water partition coefficient (Wildman–Crippen LogP) is 5.12. The van der Waals surface area contributed by atoms with Crippen LogP contribution in [0.5, 0.6) is 0 Å². The van der Waals surface area contributed by atoms with Gasteiger partial charge in [-0.3, -0.25) is 0 Å². The topological polar surface area (TPSA) is 41.1 Å². The standard InChI is InChI=1S/C15H13BrCl2N2O/c16-12-4-2-1-3-10(12)7-8-19-15(21)20-14-6-5-11(17)9-13(14)18/h1-6,9H,7-8H2,(H2,19,20,21). The fourth-order valence-corrected chi connectivity index (χ4v) is 2.71. The first-order valence-electron chi connectivity index (χ1n) is 6.29. The molecular weight excluding hydrogens is 375 g/mol. The summed E-state index contributed by atoms with van der Waals surface area (Å²) in [4.78, 5) is 11.8. The maximum Gasteiger partial charge on any atom is 0.319 e. The Morgan fingerprint density at radius 3 is 2.62 bits per heavy atom. The van der Waals surface area contributed by atoms with Crippen molar-refractivity contribution in [2.24, 2.45) is 0 Å². The number of hydrogen-bond acceptors (Lipinski definition) is 1. The minimum Gasteiger partial charge on any atom is -0.338 e. The minimum absolute atomic E-state index is 0.300. The van der Waals surface area contributed by atoms with Crippen LogP contribution in [0.25, 0.3) is 0 Å². The van der Waals surface area contributed by atoms with Crippen molar-refractivity contribution in [2.45, 2.75) is 6.42 Å². The van der Waals surface area contributed by atoms with Crippen LogP contribution in [-0.4, -0.2) is 12.6 Å². The SMILES string of the molecule is O=C(NCCc1ccccc1Br)Nc1ccc(Cl)cc1Cl. The van der Waals surface area contributed by atoms with E-state index >= 15 is 0 Å². The highest BCUT2D eigenvalue weighted by Crippen LogP contribution is 2.25. The van der Waals surface area contributed by atoms with Crippen LogP contribution >= 0.6 is 39.1 Å². The number of carbonyl (C=O) groups excluding carboxylic acids is 1. The van der Waals surface area contributed by atoms with Gasteiger partial charge in [0.25, 0.3) is 0 Å². The Hall–Kier alpha value is -1.23. The average Bonchev–Trinajstić information content (AvgIpc) is 2.44. The fraction of sp³-hybridized carbons (Fsp3) is 0.133. The number of amides is 2. The second-order valence-electron chi connectivity index (χ2n) is 4.35. The van der Waals surface area contributed by atoms with Crippen molar-refractivity contribution >= 4 is 50.9 Å². The van der Waals surface area contributed by atoms with Gasteiger partial charge in [0.15, 0.2) is 0 Å². The summed E-state index contributed by atoms with van der Waals surface area (Å²) in [6.07, 6.45) is 0.739. The molecule has 0 saturated carbocycles. The maximum atomic E-state index is 11.8. The minimum atomic E-state index is -0.300. The first kappa shape index (κ1) is 16.1. The molecule has 3 nitrogen and oxygen atoms in total. The van der Waals surface area contributed by atoms with Crippen molar-refractivity contribution in [2.75, 3.05) is 11.9 Å². The highest BCUT2D eigenvalue weighted by molar-refractivity contribution is 9.10. The monoisotopic (exact) mass is 386 g/mol. The van der Waals surface area contributed by atoms with Crippen molar-refractivity contribution in [3.63, 3.8) is 0 Å². The molecule has 2 N–H and O–H groups in total. The van der Waals surface area contributed by atoms with E-state index in [0.29, 0.717) is 22.3 Å². The second kappa shape index (κ2) is 7.69. The van der Waals surface area contributed by atoms with Crippen LogP contribution in [0.1, 0.15) is 5.56 Å². The molecule has 21 heavy (non-hydrogen) atoms. The van der Waals surface area contributed by atoms with E-state index in [4.69, 9.17) is 23.2 Å². The van der Waals surface area contributed by atoms with E-state index in [-0.39, 0.29) is 6.03 Å². The van der Waals surface area contributed by atoms with E-state index in [1.807, 2.05) is 24.3 Å². The molecule has 0 bridgehead atoms. The van der Waals surface area contributed by atoms with Crippen LogP contribution in [0.4, 0.5) is 10.5 Å². The lowest BCUT2D eigenvalue weighted by molar-refractivity contribution is 0.252. The lowest BCUT2D eigenvalue weighted by Gasteiger charge is -2.10. The number of urea groups is 1. The first-order chi connectivity index (χ1) is 10.1. The van der Waals surface area contributed by atoms with E-state index < -0.39 is 0 Å². The van der Waals surface area contributed by atoms with E-state index in [9.17, 15) is 4.79 Å². The van der Waals surface area contributed by atoms with E-state index in [2.05, 4.69) is 26.6 Å². The molecule has 0 atom stereocenters. The molecule has 110 valence electrons. The third-order valence-corrected chi connectivity index (χ3v) is 4.14. The van der Waals surface area contributed by atoms with Crippen molar-refractivity contribution in [3.8, 4) is 0 Å². The lowest BCUT2D eigenvalue weighted by atomic mass is 10.1. The highest BCUT2D eigenvalue weighted by Gasteiger charge is 2.06. The quantitative estimate of drug-likeness (QED) is 0.750. The van der Waals surface area contributed by atoms with Gasteiger partial charge in [-0.2, -0.15) is 0 Å². The number of benzene rings is 2. The van der Waals surface area contributed by atoms with E-state index in [0.717, 1.165) is 16.5 Å². The van der Waals surface area contributed by atoms with Gasteiger partial charge in [0.1, 0.15) is 0 Å². The maximum absolute atomic E-state index is 11.8. The fourth-order valence-electron chi connectivity index (χ4n) is 1.77. The summed E-state index contributed by atoms with van der Waals surface area (Å²) in [6.45, 7) is 0.527. The molecule has 0 heterocycles. The summed E-state index contributed by atoms with van der Waals surface area (Å²) in [5.74, 6) is 0. The number of carbonyl (C=O) groups is 1. The average molecular weight is 388 g/mol. The van der Waals surface area contributed by atoms with Crippen molar-refractivity contribution in [1.29, 1.82) is 0 Å². The molecule has 2 aromatic rings. The van der Waals surface area contributed by atoms with Crippen LogP contribution in [-0.2, 0) is 6.42 Å². The van der Waals surface area contributed by atoms with Gasteiger partial charge >= 0.3 is 6.03 Å². The van der Waals surface area contributed by atoms with E-state index in [1.54, 1.807) is 18.2 Å². The number of anilines is 1. The largest absolute Gasteiger partial charge is 0.338 e. The molecular formula is C15H13BrCl2N2O. The summed E-state index contributed by atoms with van der Waals surface area (Å²) in [5, 5.41) is 6.41. The van der Waals surface area contributed by atoms with Crippen LogP contribution < -0.4 is 10.6 Å². The zero-order valence-corrected chi connectivity index (χ0v) is 14.1. The smallest absolute Gasteiger partial charge is 0.319 e. The molecule has 2 aromatic carbocycles. The summed E-state index contributed by atoms with van der Waals surface area (Å²) < 4.78 is 1.04. The third-order valence-electron chi connectivity index (χ3n) is 2.82. The van der Waals surface area contributed by atoms with Gasteiger partial charge in [0, 0.05) is 16.0 Å². The molecule has 6 heteroatoms. The van der Waals surface area contributed by atoms with Crippen molar-refractivity contribution in [3.05, 3.63) is 62.5 Å². The van der Waals surface area contributed by atoms with Gasteiger partial charge in [0.2, 0.25) is 0 Å². The molecule has 0 aliphatic carbocycles. The molecule has 0 aromatic heterocycles. The van der Waals surface area contributed by atoms with Crippen molar-refractivity contribution in [1.82, 2.24) is 5.32 Å². The molecule has 2 amide bonds. The first-order valence-corrected chi connectivity index (χ1v) is 7.84. The molecule has 2 rings (SSSR count). The Balaban J connectivity index is 1.84. The van der Waals surface area contributed by atoms with Gasteiger partial charge in [-0.15, -0.1) is 0 Å². The molecule has 0 saturated heterocycles. The molecule has 0 aliphatic rings.